The second-order valence-electron chi connectivity index (χ2n) is 14.5. The van der Waals surface area contributed by atoms with Gasteiger partial charge in [0.05, 0.1) is 12.2 Å². The summed E-state index contributed by atoms with van der Waals surface area (Å²) < 4.78 is 17.7. The predicted molar refractivity (Wildman–Crippen MR) is 218 cm³/mol. The van der Waals surface area contributed by atoms with Crippen molar-refractivity contribution in [2.24, 2.45) is 0 Å². The summed E-state index contributed by atoms with van der Waals surface area (Å²) in [6, 6.07) is 17.4. The Morgan fingerprint density at radius 3 is 1.70 bits per heavy atom. The third kappa shape index (κ3) is 13.7. The molecule has 292 valence electrons. The summed E-state index contributed by atoms with van der Waals surface area (Å²) in [6.45, 7) is 14.0. The van der Waals surface area contributed by atoms with Crippen LogP contribution >= 0.6 is 0 Å². The molecule has 3 aromatic carbocycles. The topological polar surface area (TPSA) is 116 Å². The number of alkyl carbamates (subject to hydrolysis) is 1. The largest absolute Gasteiger partial charge is 0.507 e. The lowest BCUT2D eigenvalue weighted by molar-refractivity contribution is -0.00256. The van der Waals surface area contributed by atoms with Crippen LogP contribution in [0.15, 0.2) is 54.6 Å². The minimum Gasteiger partial charge on any atom is -0.507 e. The highest BCUT2D eigenvalue weighted by Gasteiger charge is 2.19. The van der Waals surface area contributed by atoms with Crippen LogP contribution in [0.1, 0.15) is 113 Å². The van der Waals surface area contributed by atoms with Crippen LogP contribution in [0.3, 0.4) is 0 Å². The van der Waals surface area contributed by atoms with Gasteiger partial charge in [-0.1, -0.05) is 126 Å². The molecule has 0 radical (unpaired) electrons. The molecule has 1 amide bonds. The second-order valence-corrected chi connectivity index (χ2v) is 14.5. The van der Waals surface area contributed by atoms with Gasteiger partial charge in [0.15, 0.2) is 23.6 Å². The highest BCUT2D eigenvalue weighted by Crippen LogP contribution is 2.34. The van der Waals surface area contributed by atoms with Crippen LogP contribution in [0.4, 0.5) is 4.79 Å². The van der Waals surface area contributed by atoms with E-state index in [-0.39, 0.29) is 19.0 Å². The Balaban J connectivity index is 1.43. The van der Waals surface area contributed by atoms with Gasteiger partial charge < -0.3 is 24.6 Å². The molecule has 0 aliphatic rings. The average molecular weight is 739 g/mol. The number of amides is 1. The van der Waals surface area contributed by atoms with E-state index < -0.39 is 12.2 Å². The molecule has 0 aliphatic heterocycles. The third-order valence-electron chi connectivity index (χ3n) is 9.55. The van der Waals surface area contributed by atoms with Gasteiger partial charge in [-0.2, -0.15) is 0 Å². The first-order valence-electron chi connectivity index (χ1n) is 20.1. The molecule has 0 aliphatic carbocycles. The number of aromatic hydroxyl groups is 1. The van der Waals surface area contributed by atoms with Crippen LogP contribution in [-0.2, 0) is 9.47 Å². The van der Waals surface area contributed by atoms with E-state index in [2.05, 4.69) is 45.1 Å². The van der Waals surface area contributed by atoms with Crippen molar-refractivity contribution in [3.63, 3.8) is 0 Å². The summed E-state index contributed by atoms with van der Waals surface area (Å²) in [5.74, 6) is 1.79. The molecule has 4 aromatic rings. The van der Waals surface area contributed by atoms with E-state index in [1.807, 2.05) is 38.1 Å². The maximum absolute atomic E-state index is 12.5. The van der Waals surface area contributed by atoms with Crippen molar-refractivity contribution >= 4 is 6.09 Å². The predicted octanol–water partition coefficient (Wildman–Crippen LogP) is 11.0. The summed E-state index contributed by atoms with van der Waals surface area (Å²) in [6.07, 6.45) is 13.3. The van der Waals surface area contributed by atoms with Crippen LogP contribution in [0.5, 0.6) is 11.5 Å². The number of carbonyl (C=O) groups is 1. The molecule has 1 atom stereocenters. The highest BCUT2D eigenvalue weighted by molar-refractivity contribution is 5.72. The Hall–Kier alpha value is -4.50. The summed E-state index contributed by atoms with van der Waals surface area (Å²) >= 11 is 0. The van der Waals surface area contributed by atoms with E-state index in [9.17, 15) is 9.90 Å². The fraction of sp³-hybridized carbons (Fsp3) is 0.511. The van der Waals surface area contributed by atoms with Crippen LogP contribution in [0.2, 0.25) is 0 Å². The van der Waals surface area contributed by atoms with Crippen LogP contribution in [-0.4, -0.2) is 58.6 Å². The van der Waals surface area contributed by atoms with Gasteiger partial charge in [-0.05, 0) is 63.8 Å². The standard InChI is InChI=1S/C45H62N4O5/c1-7-9-11-12-13-14-15-16-17-18-26-52-30-37(54-45(51)46-25-10-8-2)31-53-36-21-24-40(41(50)29-36)44-48-42(38-22-19-32(3)27-34(38)5)47-43(49-44)39-23-20-33(4)28-35(39)6/h19-24,27-29,37,50H,7-18,25-26,30-31H2,1-6H3,(H,46,51). The molecule has 9 nitrogen and oxygen atoms in total. The van der Waals surface area contributed by atoms with Gasteiger partial charge >= 0.3 is 6.09 Å². The Morgan fingerprint density at radius 1 is 0.648 bits per heavy atom. The van der Waals surface area contributed by atoms with Crippen molar-refractivity contribution in [2.45, 2.75) is 125 Å². The number of hydrogen-bond donors (Lipinski definition) is 2. The maximum atomic E-state index is 12.5. The van der Waals surface area contributed by atoms with Crippen LogP contribution < -0.4 is 10.1 Å². The summed E-state index contributed by atoms with van der Waals surface area (Å²) in [5, 5.41) is 14.1. The number of nitrogens with zero attached hydrogens (tertiary/aromatic N) is 3. The third-order valence-corrected chi connectivity index (χ3v) is 9.55. The first-order chi connectivity index (χ1) is 26.2. The summed E-state index contributed by atoms with van der Waals surface area (Å²) in [7, 11) is 0. The first kappa shape index (κ1) is 42.2. The molecule has 1 unspecified atom stereocenters. The van der Waals surface area contributed by atoms with E-state index in [4.69, 9.17) is 29.2 Å². The van der Waals surface area contributed by atoms with Gasteiger partial charge in [-0.15, -0.1) is 0 Å². The number of phenolic OH excluding ortho intramolecular Hbond substituents is 1. The van der Waals surface area contributed by atoms with Gasteiger partial charge in [0, 0.05) is 30.3 Å². The van der Waals surface area contributed by atoms with Crippen LogP contribution in [0, 0.1) is 27.7 Å². The van der Waals surface area contributed by atoms with E-state index in [0.29, 0.717) is 41.9 Å². The Morgan fingerprint density at radius 2 is 1.17 bits per heavy atom. The summed E-state index contributed by atoms with van der Waals surface area (Å²) in [5.41, 5.74) is 6.65. The van der Waals surface area contributed by atoms with Gasteiger partial charge in [-0.3, -0.25) is 0 Å². The number of unbranched alkanes of at least 4 members (excludes halogenated alkanes) is 10. The van der Waals surface area contributed by atoms with Crippen molar-refractivity contribution in [3.05, 3.63) is 76.9 Å². The number of aryl methyl sites for hydroxylation is 4. The number of ether oxygens (including phenoxy) is 3. The Labute approximate surface area is 323 Å². The number of carbonyl (C=O) groups excluding carboxylic acids is 1. The number of hydrogen-bond acceptors (Lipinski definition) is 8. The minimum absolute atomic E-state index is 0.0381. The lowest BCUT2D eigenvalue weighted by atomic mass is 10.0. The zero-order chi connectivity index (χ0) is 38.7. The van der Waals surface area contributed by atoms with E-state index in [1.54, 1.807) is 12.1 Å². The second kappa shape index (κ2) is 22.7. The number of phenols is 1. The smallest absolute Gasteiger partial charge is 0.407 e. The first-order valence-corrected chi connectivity index (χ1v) is 20.1. The Kier molecular flexibility index (Phi) is 17.7. The molecule has 1 aromatic heterocycles. The minimum atomic E-state index is -0.624. The van der Waals surface area contributed by atoms with Gasteiger partial charge in [0.2, 0.25) is 0 Å². The van der Waals surface area contributed by atoms with Crippen molar-refractivity contribution in [2.75, 3.05) is 26.4 Å². The lowest BCUT2D eigenvalue weighted by Gasteiger charge is -2.19. The molecule has 1 heterocycles. The number of rotatable bonds is 23. The van der Waals surface area contributed by atoms with Crippen molar-refractivity contribution in [3.8, 4) is 45.7 Å². The molecular formula is C45H62N4O5. The normalized spacial score (nSPS) is 11.7. The molecule has 0 spiro atoms. The number of benzene rings is 3. The zero-order valence-corrected chi connectivity index (χ0v) is 33.5. The quantitative estimate of drug-likeness (QED) is 0.0723. The van der Waals surface area contributed by atoms with Gasteiger partial charge in [-0.25, -0.2) is 19.7 Å². The molecule has 54 heavy (non-hydrogen) atoms. The zero-order valence-electron chi connectivity index (χ0n) is 33.5. The van der Waals surface area contributed by atoms with E-state index in [1.165, 1.54) is 57.4 Å². The maximum Gasteiger partial charge on any atom is 0.407 e. The van der Waals surface area contributed by atoms with Crippen molar-refractivity contribution in [1.29, 1.82) is 0 Å². The fourth-order valence-electron chi connectivity index (χ4n) is 6.43. The average Bonchev–Trinajstić information content (AvgIpc) is 3.14. The molecule has 2 N–H and O–H groups in total. The molecule has 0 fully saturated rings. The van der Waals surface area contributed by atoms with Gasteiger partial charge in [0.25, 0.3) is 0 Å². The van der Waals surface area contributed by atoms with Crippen molar-refractivity contribution < 1.29 is 24.1 Å². The monoisotopic (exact) mass is 738 g/mol. The molecule has 4 rings (SSSR count). The lowest BCUT2D eigenvalue weighted by Crippen LogP contribution is -2.35. The number of aromatic nitrogens is 3. The molecular weight excluding hydrogens is 677 g/mol. The highest BCUT2D eigenvalue weighted by atomic mass is 16.6. The molecule has 0 saturated heterocycles. The van der Waals surface area contributed by atoms with Crippen molar-refractivity contribution in [1.82, 2.24) is 20.3 Å². The molecule has 0 saturated carbocycles. The van der Waals surface area contributed by atoms with Crippen LogP contribution in [0.25, 0.3) is 34.2 Å². The van der Waals surface area contributed by atoms with E-state index in [0.717, 1.165) is 59.1 Å². The van der Waals surface area contributed by atoms with Gasteiger partial charge in [0.1, 0.15) is 18.1 Å². The fourth-order valence-corrected chi connectivity index (χ4v) is 6.43. The molecule has 9 heteroatoms. The number of nitrogens with one attached hydrogen (secondary N) is 1. The molecule has 0 bridgehead atoms. The Bertz CT molecular complexity index is 1690. The summed E-state index contributed by atoms with van der Waals surface area (Å²) in [4.78, 5) is 27.1. The van der Waals surface area contributed by atoms with E-state index >= 15 is 0 Å². The SMILES string of the molecule is CCCCCCCCCCCCOCC(COc1ccc(-c2nc(-c3ccc(C)cc3C)nc(-c3ccc(C)cc3C)n2)c(O)c1)OC(=O)NCCCC.